The summed E-state index contributed by atoms with van der Waals surface area (Å²) in [6.07, 6.45) is 0. The molecule has 1 aromatic carbocycles. The Morgan fingerprint density at radius 3 is 2.92 bits per heavy atom. The van der Waals surface area contributed by atoms with E-state index in [2.05, 4.69) is 25.2 Å². The topological polar surface area (TPSA) is 38.0 Å². The number of nitrogens with one attached hydrogen (secondary N) is 1. The molecule has 2 bridgehead atoms. The molecule has 0 radical (unpaired) electrons. The summed E-state index contributed by atoms with van der Waals surface area (Å²) in [4.78, 5) is 0. The number of anilines is 2. The zero-order chi connectivity index (χ0) is 8.72. The molecule has 64 valence electrons. The van der Waals surface area contributed by atoms with E-state index in [4.69, 9.17) is 5.73 Å². The zero-order valence-corrected chi connectivity index (χ0v) is 7.52. The molecule has 3 N–H and O–H groups in total. The highest BCUT2D eigenvalue weighted by atomic mass is 14.9. The van der Waals surface area contributed by atoms with Crippen molar-refractivity contribution in [2.75, 3.05) is 17.6 Å². The summed E-state index contributed by atoms with van der Waals surface area (Å²) in [7, 11) is 0. The standard InChI is InChI=1S/C10H14N2/c1-6-5-12-9-4-3-8(11)10(6)7(9)2/h3-4,6,12H,5,11H2,1-2H3. The van der Waals surface area contributed by atoms with Crippen molar-refractivity contribution in [2.45, 2.75) is 19.8 Å². The van der Waals surface area contributed by atoms with Crippen molar-refractivity contribution in [2.24, 2.45) is 0 Å². The highest BCUT2D eigenvalue weighted by Gasteiger charge is 2.18. The van der Waals surface area contributed by atoms with Crippen molar-refractivity contribution >= 4 is 11.4 Å². The summed E-state index contributed by atoms with van der Waals surface area (Å²) < 4.78 is 0. The van der Waals surface area contributed by atoms with Crippen molar-refractivity contribution < 1.29 is 0 Å². The number of fused-ring (bicyclic) bond motifs is 2. The molecule has 2 nitrogen and oxygen atoms in total. The molecule has 0 aliphatic carbocycles. The second-order valence-electron chi connectivity index (χ2n) is 3.52. The Morgan fingerprint density at radius 1 is 1.50 bits per heavy atom. The van der Waals surface area contributed by atoms with Gasteiger partial charge >= 0.3 is 0 Å². The number of hydrogen-bond donors (Lipinski definition) is 2. The molecule has 1 atom stereocenters. The second-order valence-corrected chi connectivity index (χ2v) is 3.52. The van der Waals surface area contributed by atoms with Gasteiger partial charge in [0.1, 0.15) is 0 Å². The molecule has 0 fully saturated rings. The Kier molecular flexibility index (Phi) is 1.50. The molecule has 1 aliphatic rings. The fourth-order valence-electron chi connectivity index (χ4n) is 1.96. The summed E-state index contributed by atoms with van der Waals surface area (Å²) in [6.45, 7) is 5.34. The molecule has 1 aromatic rings. The molecule has 0 saturated carbocycles. The number of benzene rings is 1. The maximum atomic E-state index is 5.90. The summed E-state index contributed by atoms with van der Waals surface area (Å²) in [6, 6.07) is 4.04. The van der Waals surface area contributed by atoms with Gasteiger partial charge in [-0.05, 0) is 30.2 Å². The lowest BCUT2D eigenvalue weighted by Crippen LogP contribution is -2.19. The van der Waals surface area contributed by atoms with E-state index in [1.165, 1.54) is 16.8 Å². The minimum absolute atomic E-state index is 0.540. The third-order valence-corrected chi connectivity index (χ3v) is 2.64. The van der Waals surface area contributed by atoms with Gasteiger partial charge in [0.2, 0.25) is 0 Å². The fraction of sp³-hybridized carbons (Fsp3) is 0.400. The maximum Gasteiger partial charge on any atom is 0.0374 e. The largest absolute Gasteiger partial charge is 0.398 e. The maximum absolute atomic E-state index is 5.90. The Hall–Kier alpha value is -1.18. The van der Waals surface area contributed by atoms with E-state index in [9.17, 15) is 0 Å². The van der Waals surface area contributed by atoms with Gasteiger partial charge < -0.3 is 11.1 Å². The van der Waals surface area contributed by atoms with E-state index in [1.54, 1.807) is 0 Å². The molecule has 0 amide bonds. The minimum atomic E-state index is 0.540. The number of rotatable bonds is 0. The van der Waals surface area contributed by atoms with E-state index < -0.39 is 0 Å². The lowest BCUT2D eigenvalue weighted by molar-refractivity contribution is 0.781. The number of hydrogen-bond acceptors (Lipinski definition) is 2. The molecule has 1 heterocycles. The summed E-state index contributed by atoms with van der Waals surface area (Å²) in [5.41, 5.74) is 10.7. The fourth-order valence-corrected chi connectivity index (χ4v) is 1.96. The molecular weight excluding hydrogens is 148 g/mol. The summed E-state index contributed by atoms with van der Waals surface area (Å²) >= 11 is 0. The van der Waals surface area contributed by atoms with E-state index in [1.807, 2.05) is 6.07 Å². The molecule has 12 heavy (non-hydrogen) atoms. The predicted molar refractivity (Wildman–Crippen MR) is 52.5 cm³/mol. The van der Waals surface area contributed by atoms with Crippen LogP contribution in [0.3, 0.4) is 0 Å². The summed E-state index contributed by atoms with van der Waals surface area (Å²) in [5.74, 6) is 0.540. The quantitative estimate of drug-likeness (QED) is 0.573. The normalized spacial score (nSPS) is 20.3. The Morgan fingerprint density at radius 2 is 2.25 bits per heavy atom. The van der Waals surface area contributed by atoms with Gasteiger partial charge in [-0.25, -0.2) is 0 Å². The SMILES string of the molecule is Cc1c2ccc(N)c1C(C)CN2. The first-order chi connectivity index (χ1) is 5.70. The highest BCUT2D eigenvalue weighted by Crippen LogP contribution is 2.34. The number of nitrogens with two attached hydrogens (primary N) is 1. The van der Waals surface area contributed by atoms with Gasteiger partial charge in [0, 0.05) is 23.8 Å². The molecule has 0 aromatic heterocycles. The smallest absolute Gasteiger partial charge is 0.0374 e. The van der Waals surface area contributed by atoms with E-state index >= 15 is 0 Å². The Labute approximate surface area is 72.8 Å². The summed E-state index contributed by atoms with van der Waals surface area (Å²) in [5, 5.41) is 3.37. The molecule has 2 heteroatoms. The first-order valence-corrected chi connectivity index (χ1v) is 4.33. The van der Waals surface area contributed by atoms with E-state index in [0.29, 0.717) is 5.92 Å². The van der Waals surface area contributed by atoms with Gasteiger partial charge in [0.05, 0.1) is 0 Å². The van der Waals surface area contributed by atoms with Crippen LogP contribution < -0.4 is 11.1 Å². The van der Waals surface area contributed by atoms with Crippen LogP contribution in [0.4, 0.5) is 11.4 Å². The minimum Gasteiger partial charge on any atom is -0.398 e. The molecule has 1 aliphatic heterocycles. The van der Waals surface area contributed by atoms with Crippen LogP contribution in [0.5, 0.6) is 0 Å². The Balaban J connectivity index is 2.66. The predicted octanol–water partition coefficient (Wildman–Crippen LogP) is 2.11. The first kappa shape index (κ1) is 7.47. The third-order valence-electron chi connectivity index (χ3n) is 2.64. The highest BCUT2D eigenvalue weighted by molar-refractivity contribution is 5.67. The third kappa shape index (κ3) is 0.876. The van der Waals surface area contributed by atoms with Crippen molar-refractivity contribution in [1.82, 2.24) is 0 Å². The van der Waals surface area contributed by atoms with Gasteiger partial charge in [-0.1, -0.05) is 6.92 Å². The van der Waals surface area contributed by atoms with Crippen LogP contribution in [0.2, 0.25) is 0 Å². The van der Waals surface area contributed by atoms with Gasteiger partial charge in [0.25, 0.3) is 0 Å². The van der Waals surface area contributed by atoms with Crippen LogP contribution in [0.1, 0.15) is 24.0 Å². The first-order valence-electron chi connectivity index (χ1n) is 4.33. The van der Waals surface area contributed by atoms with Crippen molar-refractivity contribution in [3.63, 3.8) is 0 Å². The number of nitrogen functional groups attached to an aromatic ring is 1. The van der Waals surface area contributed by atoms with Crippen LogP contribution in [0, 0.1) is 6.92 Å². The average Bonchev–Trinajstić information content (AvgIpc) is 2.01. The monoisotopic (exact) mass is 162 g/mol. The second kappa shape index (κ2) is 2.41. The van der Waals surface area contributed by atoms with E-state index in [0.717, 1.165) is 12.2 Å². The Bertz CT molecular complexity index is 318. The average molecular weight is 162 g/mol. The zero-order valence-electron chi connectivity index (χ0n) is 7.52. The van der Waals surface area contributed by atoms with Gasteiger partial charge in [-0.15, -0.1) is 0 Å². The van der Waals surface area contributed by atoms with Crippen molar-refractivity contribution in [3.05, 3.63) is 23.3 Å². The molecule has 1 unspecified atom stereocenters. The van der Waals surface area contributed by atoms with Crippen LogP contribution in [0.15, 0.2) is 12.1 Å². The van der Waals surface area contributed by atoms with Crippen molar-refractivity contribution in [1.29, 1.82) is 0 Å². The van der Waals surface area contributed by atoms with Gasteiger partial charge in [-0.2, -0.15) is 0 Å². The van der Waals surface area contributed by atoms with E-state index in [-0.39, 0.29) is 0 Å². The lowest BCUT2D eigenvalue weighted by atomic mass is 9.90. The van der Waals surface area contributed by atoms with Crippen molar-refractivity contribution in [3.8, 4) is 0 Å². The van der Waals surface area contributed by atoms with Crippen LogP contribution in [-0.4, -0.2) is 6.54 Å². The van der Waals surface area contributed by atoms with Crippen LogP contribution in [0.25, 0.3) is 0 Å². The van der Waals surface area contributed by atoms with Gasteiger partial charge in [0.15, 0.2) is 0 Å². The molecule has 0 spiro atoms. The van der Waals surface area contributed by atoms with Crippen LogP contribution in [-0.2, 0) is 0 Å². The molecule has 0 saturated heterocycles. The molecular formula is C10H14N2. The van der Waals surface area contributed by atoms with Crippen LogP contribution >= 0.6 is 0 Å². The molecule has 2 rings (SSSR count). The van der Waals surface area contributed by atoms with Gasteiger partial charge in [-0.3, -0.25) is 0 Å². The lowest BCUT2D eigenvalue weighted by Gasteiger charge is -2.26.